The van der Waals surface area contributed by atoms with Gasteiger partial charge in [0.05, 0.1) is 11.5 Å². The number of likely N-dealkylation sites (tertiary alicyclic amines) is 1. The molecule has 0 aromatic rings. The Kier molecular flexibility index (Phi) is 5.97. The molecule has 6 nitrogen and oxygen atoms in total. The molecule has 1 fully saturated rings. The lowest BCUT2D eigenvalue weighted by Gasteiger charge is -2.32. The van der Waals surface area contributed by atoms with Crippen LogP contribution in [0.1, 0.15) is 26.2 Å². The lowest BCUT2D eigenvalue weighted by Crippen LogP contribution is -2.51. The molecule has 102 valence electrons. The minimum atomic E-state index is -0.938. The molecule has 0 aromatic carbocycles. The Labute approximate surface area is 110 Å². The molecule has 2 amide bonds. The number of nitrogens with one attached hydrogen (secondary N) is 1. The molecular formula is C11H18N2O4S. The predicted octanol–water partition coefficient (Wildman–Crippen LogP) is 0.279. The molecular weight excluding hydrogens is 256 g/mol. The second-order valence-corrected chi connectivity index (χ2v) is 5.16. The summed E-state index contributed by atoms with van der Waals surface area (Å²) in [5.74, 6) is -1.12. The average Bonchev–Trinajstić information content (AvgIpc) is 2.28. The highest BCUT2D eigenvalue weighted by molar-refractivity contribution is 8.00. The van der Waals surface area contributed by atoms with Gasteiger partial charge in [0.15, 0.2) is 0 Å². The summed E-state index contributed by atoms with van der Waals surface area (Å²) in [6.45, 7) is 2.44. The number of amides is 2. The fourth-order valence-corrected chi connectivity index (χ4v) is 2.37. The summed E-state index contributed by atoms with van der Waals surface area (Å²) >= 11 is 1.04. The number of nitrogens with zero attached hydrogens (tertiary/aromatic N) is 1. The van der Waals surface area contributed by atoms with E-state index in [1.807, 2.05) is 0 Å². The first-order valence-electron chi connectivity index (χ1n) is 5.89. The van der Waals surface area contributed by atoms with Crippen LogP contribution in [-0.4, -0.2) is 52.0 Å². The third kappa shape index (κ3) is 4.95. The summed E-state index contributed by atoms with van der Waals surface area (Å²) in [6, 6.07) is 0. The predicted molar refractivity (Wildman–Crippen MR) is 68.1 cm³/mol. The zero-order valence-electron chi connectivity index (χ0n) is 10.3. The van der Waals surface area contributed by atoms with Crippen LogP contribution in [0.5, 0.6) is 0 Å². The number of hydrogen-bond acceptors (Lipinski definition) is 4. The van der Waals surface area contributed by atoms with E-state index in [0.717, 1.165) is 24.6 Å². The number of piperidine rings is 1. The first-order chi connectivity index (χ1) is 8.50. The van der Waals surface area contributed by atoms with Crippen LogP contribution in [0.15, 0.2) is 0 Å². The first-order valence-corrected chi connectivity index (χ1v) is 7.04. The molecule has 0 radical (unpaired) electrons. The molecule has 1 unspecified atom stereocenters. The smallest absolute Gasteiger partial charge is 0.313 e. The number of carbonyl (C=O) groups excluding carboxylic acids is 2. The van der Waals surface area contributed by atoms with E-state index in [1.54, 1.807) is 11.8 Å². The summed E-state index contributed by atoms with van der Waals surface area (Å²) in [6.07, 6.45) is 2.08. The van der Waals surface area contributed by atoms with Crippen molar-refractivity contribution in [2.24, 2.45) is 0 Å². The lowest BCUT2D eigenvalue weighted by atomic mass is 10.1. The van der Waals surface area contributed by atoms with E-state index in [4.69, 9.17) is 5.11 Å². The van der Waals surface area contributed by atoms with Gasteiger partial charge >= 0.3 is 5.97 Å². The fourth-order valence-electron chi connectivity index (χ4n) is 1.82. The van der Waals surface area contributed by atoms with E-state index < -0.39 is 5.97 Å². The molecule has 18 heavy (non-hydrogen) atoms. The molecule has 1 saturated heterocycles. The standard InChI is InChI=1S/C11H18N2O4S/c1-8(13-5-3-2-4-10(13)15)12-9(14)6-18-7-11(16)17/h8H,2-7H2,1H3,(H,12,14)(H,16,17). The zero-order valence-corrected chi connectivity index (χ0v) is 11.2. The monoisotopic (exact) mass is 274 g/mol. The molecule has 1 heterocycles. The summed E-state index contributed by atoms with van der Waals surface area (Å²) in [7, 11) is 0. The van der Waals surface area contributed by atoms with Crippen LogP contribution in [0.2, 0.25) is 0 Å². The molecule has 0 aromatic heterocycles. The second-order valence-electron chi connectivity index (χ2n) is 4.17. The minimum Gasteiger partial charge on any atom is -0.481 e. The number of carboxylic acids is 1. The molecule has 0 saturated carbocycles. The number of carbonyl (C=O) groups is 3. The van der Waals surface area contributed by atoms with Gasteiger partial charge in [-0.05, 0) is 19.8 Å². The van der Waals surface area contributed by atoms with E-state index in [9.17, 15) is 14.4 Å². The molecule has 2 N–H and O–H groups in total. The fraction of sp³-hybridized carbons (Fsp3) is 0.727. The average molecular weight is 274 g/mol. The summed E-state index contributed by atoms with van der Waals surface area (Å²) in [4.78, 5) is 35.1. The molecule has 1 aliphatic rings. The van der Waals surface area contributed by atoms with E-state index in [-0.39, 0.29) is 29.5 Å². The Morgan fingerprint density at radius 1 is 1.44 bits per heavy atom. The van der Waals surface area contributed by atoms with Crippen molar-refractivity contribution in [3.05, 3.63) is 0 Å². The van der Waals surface area contributed by atoms with Crippen molar-refractivity contribution in [2.45, 2.75) is 32.4 Å². The maximum Gasteiger partial charge on any atom is 0.313 e. The number of rotatable bonds is 6. The molecule has 0 spiro atoms. The van der Waals surface area contributed by atoms with Crippen LogP contribution in [0.25, 0.3) is 0 Å². The van der Waals surface area contributed by atoms with Crippen LogP contribution >= 0.6 is 11.8 Å². The maximum atomic E-state index is 11.6. The Bertz CT molecular complexity index is 335. The van der Waals surface area contributed by atoms with Crippen molar-refractivity contribution >= 4 is 29.5 Å². The normalized spacial score (nSPS) is 17.4. The highest BCUT2D eigenvalue weighted by Crippen LogP contribution is 2.12. The lowest BCUT2D eigenvalue weighted by molar-refractivity contribution is -0.137. The van der Waals surface area contributed by atoms with Gasteiger partial charge < -0.3 is 15.3 Å². The number of hydrogen-bond donors (Lipinski definition) is 2. The molecule has 0 bridgehead atoms. The van der Waals surface area contributed by atoms with E-state index in [2.05, 4.69) is 5.32 Å². The van der Waals surface area contributed by atoms with Crippen LogP contribution < -0.4 is 5.32 Å². The Balaban J connectivity index is 2.29. The van der Waals surface area contributed by atoms with Gasteiger partial charge in [0.2, 0.25) is 11.8 Å². The van der Waals surface area contributed by atoms with Gasteiger partial charge in [-0.3, -0.25) is 14.4 Å². The van der Waals surface area contributed by atoms with Gasteiger partial charge in [-0.2, -0.15) is 0 Å². The van der Waals surface area contributed by atoms with Gasteiger partial charge in [-0.15, -0.1) is 11.8 Å². The first kappa shape index (κ1) is 14.8. The summed E-state index contributed by atoms with van der Waals surface area (Å²) in [5, 5.41) is 11.1. The molecule has 1 atom stereocenters. The van der Waals surface area contributed by atoms with E-state index >= 15 is 0 Å². The van der Waals surface area contributed by atoms with Gasteiger partial charge in [0.25, 0.3) is 0 Å². The third-order valence-electron chi connectivity index (χ3n) is 2.66. The zero-order chi connectivity index (χ0) is 13.5. The van der Waals surface area contributed by atoms with Gasteiger partial charge in [0, 0.05) is 13.0 Å². The van der Waals surface area contributed by atoms with Crippen molar-refractivity contribution in [1.82, 2.24) is 10.2 Å². The van der Waals surface area contributed by atoms with Crippen LogP contribution in [0, 0.1) is 0 Å². The quantitative estimate of drug-likeness (QED) is 0.726. The molecule has 1 aliphatic heterocycles. The summed E-state index contributed by atoms with van der Waals surface area (Å²) < 4.78 is 0. The van der Waals surface area contributed by atoms with Crippen LogP contribution in [0.4, 0.5) is 0 Å². The number of aliphatic carboxylic acids is 1. The maximum absolute atomic E-state index is 11.6. The highest BCUT2D eigenvalue weighted by atomic mass is 32.2. The van der Waals surface area contributed by atoms with Crippen molar-refractivity contribution in [1.29, 1.82) is 0 Å². The largest absolute Gasteiger partial charge is 0.481 e. The van der Waals surface area contributed by atoms with E-state index in [1.165, 1.54) is 0 Å². The molecule has 1 rings (SSSR count). The Hall–Kier alpha value is -1.24. The van der Waals surface area contributed by atoms with Gasteiger partial charge in [-0.25, -0.2) is 0 Å². The van der Waals surface area contributed by atoms with Crippen LogP contribution in [-0.2, 0) is 14.4 Å². The molecule has 0 aliphatic carbocycles. The molecule has 7 heteroatoms. The van der Waals surface area contributed by atoms with Gasteiger partial charge in [0.1, 0.15) is 6.17 Å². The highest BCUT2D eigenvalue weighted by Gasteiger charge is 2.23. The Morgan fingerprint density at radius 2 is 2.17 bits per heavy atom. The van der Waals surface area contributed by atoms with Crippen molar-refractivity contribution in [3.8, 4) is 0 Å². The second kappa shape index (κ2) is 7.25. The number of thioether (sulfide) groups is 1. The minimum absolute atomic E-state index is 0.0623. The Morgan fingerprint density at radius 3 is 2.78 bits per heavy atom. The van der Waals surface area contributed by atoms with Crippen LogP contribution in [0.3, 0.4) is 0 Å². The van der Waals surface area contributed by atoms with Crippen molar-refractivity contribution in [2.75, 3.05) is 18.1 Å². The van der Waals surface area contributed by atoms with E-state index in [0.29, 0.717) is 13.0 Å². The summed E-state index contributed by atoms with van der Waals surface area (Å²) in [5.41, 5.74) is 0. The third-order valence-corrected chi connectivity index (χ3v) is 3.57. The van der Waals surface area contributed by atoms with Gasteiger partial charge in [-0.1, -0.05) is 0 Å². The van der Waals surface area contributed by atoms with Crippen molar-refractivity contribution < 1.29 is 19.5 Å². The SMILES string of the molecule is CC(NC(=O)CSCC(=O)O)N1CCCCC1=O. The number of carboxylic acid groups (broad SMARTS) is 1. The topological polar surface area (TPSA) is 86.7 Å². The van der Waals surface area contributed by atoms with Crippen molar-refractivity contribution in [3.63, 3.8) is 0 Å².